The van der Waals surface area contributed by atoms with Crippen LogP contribution in [0.3, 0.4) is 0 Å². The second kappa shape index (κ2) is 8.61. The zero-order valence-electron chi connectivity index (χ0n) is 15.0. The summed E-state index contributed by atoms with van der Waals surface area (Å²) >= 11 is 1.21. The van der Waals surface area contributed by atoms with E-state index in [9.17, 15) is 19.2 Å². The highest BCUT2D eigenvalue weighted by Crippen LogP contribution is 2.18. The van der Waals surface area contributed by atoms with Gasteiger partial charge in [-0.3, -0.25) is 14.4 Å². The number of anilines is 2. The SMILES string of the molecule is COC(=O)c1ccc(NC(=O)Cc2csc(NC(=O)C3CCC(=O)N3)n2)cc1. The van der Waals surface area contributed by atoms with Crippen molar-refractivity contribution in [3.63, 3.8) is 0 Å². The van der Waals surface area contributed by atoms with Crippen LogP contribution in [0.1, 0.15) is 28.9 Å². The molecule has 1 aliphatic rings. The second-order valence-electron chi connectivity index (χ2n) is 6.09. The summed E-state index contributed by atoms with van der Waals surface area (Å²) in [5.41, 5.74) is 1.44. The molecule has 1 saturated heterocycles. The Morgan fingerprint density at radius 1 is 1.25 bits per heavy atom. The Morgan fingerprint density at radius 3 is 2.64 bits per heavy atom. The van der Waals surface area contributed by atoms with Gasteiger partial charge >= 0.3 is 5.97 Å². The minimum absolute atomic E-state index is 0.0330. The summed E-state index contributed by atoms with van der Waals surface area (Å²) in [4.78, 5) is 51.0. The van der Waals surface area contributed by atoms with Crippen LogP contribution in [0.2, 0.25) is 0 Å². The van der Waals surface area contributed by atoms with E-state index in [0.29, 0.717) is 34.9 Å². The van der Waals surface area contributed by atoms with Crippen molar-refractivity contribution >= 4 is 45.8 Å². The molecule has 0 radical (unpaired) electrons. The molecule has 3 rings (SSSR count). The number of hydrogen-bond donors (Lipinski definition) is 3. The highest BCUT2D eigenvalue weighted by Gasteiger charge is 2.27. The Hall–Kier alpha value is -3.27. The zero-order chi connectivity index (χ0) is 20.1. The third-order valence-electron chi connectivity index (χ3n) is 4.03. The molecule has 0 saturated carbocycles. The molecule has 0 spiro atoms. The average Bonchev–Trinajstić information content (AvgIpc) is 3.30. The smallest absolute Gasteiger partial charge is 0.337 e. The molecule has 28 heavy (non-hydrogen) atoms. The number of benzene rings is 1. The lowest BCUT2D eigenvalue weighted by atomic mass is 10.2. The Labute approximate surface area is 164 Å². The van der Waals surface area contributed by atoms with E-state index in [2.05, 4.69) is 25.7 Å². The summed E-state index contributed by atoms with van der Waals surface area (Å²) in [5, 5.41) is 10.0. The van der Waals surface area contributed by atoms with E-state index in [1.807, 2.05) is 0 Å². The zero-order valence-corrected chi connectivity index (χ0v) is 15.8. The van der Waals surface area contributed by atoms with E-state index in [1.165, 1.54) is 18.4 Å². The number of nitrogens with zero attached hydrogens (tertiary/aromatic N) is 1. The number of carbonyl (C=O) groups excluding carboxylic acids is 4. The van der Waals surface area contributed by atoms with E-state index >= 15 is 0 Å². The first-order valence-electron chi connectivity index (χ1n) is 8.47. The van der Waals surface area contributed by atoms with E-state index in [-0.39, 0.29) is 24.1 Å². The van der Waals surface area contributed by atoms with Gasteiger partial charge in [-0.2, -0.15) is 0 Å². The molecule has 9 nitrogen and oxygen atoms in total. The van der Waals surface area contributed by atoms with Gasteiger partial charge in [0, 0.05) is 17.5 Å². The van der Waals surface area contributed by atoms with Gasteiger partial charge in [-0.05, 0) is 30.7 Å². The van der Waals surface area contributed by atoms with Crippen molar-refractivity contribution in [3.8, 4) is 0 Å². The highest BCUT2D eigenvalue weighted by atomic mass is 32.1. The third kappa shape index (κ3) is 4.92. The first-order valence-corrected chi connectivity index (χ1v) is 9.35. The molecule has 0 bridgehead atoms. The predicted molar refractivity (Wildman–Crippen MR) is 102 cm³/mol. The molecule has 2 aromatic rings. The maximum Gasteiger partial charge on any atom is 0.337 e. The summed E-state index contributed by atoms with van der Waals surface area (Å²) < 4.78 is 4.62. The average molecular weight is 402 g/mol. The van der Waals surface area contributed by atoms with Crippen molar-refractivity contribution in [1.29, 1.82) is 0 Å². The quantitative estimate of drug-likeness (QED) is 0.626. The number of hydrogen-bond acceptors (Lipinski definition) is 7. The standard InChI is InChI=1S/C18H18N4O5S/c1-27-17(26)10-2-4-11(5-3-10)19-15(24)8-12-9-28-18(20-12)22-16(25)13-6-7-14(23)21-13/h2-5,9,13H,6-8H2,1H3,(H,19,24)(H,21,23)(H,20,22,25). The third-order valence-corrected chi connectivity index (χ3v) is 4.83. The molecular formula is C18H18N4O5S. The highest BCUT2D eigenvalue weighted by molar-refractivity contribution is 7.13. The van der Waals surface area contributed by atoms with Gasteiger partial charge in [0.1, 0.15) is 6.04 Å². The van der Waals surface area contributed by atoms with Crippen molar-refractivity contribution in [2.75, 3.05) is 17.7 Å². The summed E-state index contributed by atoms with van der Waals surface area (Å²) in [7, 11) is 1.30. The number of carbonyl (C=O) groups is 4. The van der Waals surface area contributed by atoms with Crippen LogP contribution >= 0.6 is 11.3 Å². The van der Waals surface area contributed by atoms with Crippen LogP contribution in [-0.4, -0.2) is 41.8 Å². The van der Waals surface area contributed by atoms with Crippen molar-refractivity contribution in [3.05, 3.63) is 40.9 Å². The van der Waals surface area contributed by atoms with Crippen LogP contribution in [-0.2, 0) is 25.5 Å². The number of rotatable bonds is 6. The lowest BCUT2D eigenvalue weighted by Gasteiger charge is -2.08. The molecule has 1 unspecified atom stereocenters. The van der Waals surface area contributed by atoms with Crippen molar-refractivity contribution in [2.45, 2.75) is 25.3 Å². The fourth-order valence-corrected chi connectivity index (χ4v) is 3.34. The number of thiazole rings is 1. The minimum atomic E-state index is -0.545. The molecule has 0 aliphatic carbocycles. The number of amides is 3. The number of aromatic nitrogens is 1. The van der Waals surface area contributed by atoms with Crippen molar-refractivity contribution < 1.29 is 23.9 Å². The normalized spacial score (nSPS) is 15.6. The molecule has 3 amide bonds. The summed E-state index contributed by atoms with van der Waals surface area (Å²) in [6.45, 7) is 0. The number of methoxy groups -OCH3 is 1. The van der Waals surface area contributed by atoms with Gasteiger partial charge in [0.05, 0.1) is 24.8 Å². The molecule has 1 fully saturated rings. The molecular weight excluding hydrogens is 384 g/mol. The van der Waals surface area contributed by atoms with Crippen LogP contribution in [0.25, 0.3) is 0 Å². The van der Waals surface area contributed by atoms with E-state index < -0.39 is 12.0 Å². The van der Waals surface area contributed by atoms with Crippen LogP contribution in [0.5, 0.6) is 0 Å². The fourth-order valence-electron chi connectivity index (χ4n) is 2.63. The summed E-state index contributed by atoms with van der Waals surface area (Å²) in [5.74, 6) is -1.19. The lowest BCUT2D eigenvalue weighted by Crippen LogP contribution is -2.37. The van der Waals surface area contributed by atoms with Crippen molar-refractivity contribution in [1.82, 2.24) is 10.3 Å². The molecule has 3 N–H and O–H groups in total. The number of ether oxygens (including phenoxy) is 1. The van der Waals surface area contributed by atoms with Gasteiger partial charge in [0.15, 0.2) is 5.13 Å². The maximum absolute atomic E-state index is 12.2. The fraction of sp³-hybridized carbons (Fsp3) is 0.278. The Bertz CT molecular complexity index is 909. The first kappa shape index (κ1) is 19.5. The van der Waals surface area contributed by atoms with Gasteiger partial charge in [0.2, 0.25) is 17.7 Å². The molecule has 1 aromatic heterocycles. The topological polar surface area (TPSA) is 126 Å². The minimum Gasteiger partial charge on any atom is -0.465 e. The molecule has 2 heterocycles. The largest absolute Gasteiger partial charge is 0.465 e. The van der Waals surface area contributed by atoms with Crippen LogP contribution < -0.4 is 16.0 Å². The number of nitrogens with one attached hydrogen (secondary N) is 3. The molecule has 1 atom stereocenters. The lowest BCUT2D eigenvalue weighted by molar-refractivity contribution is -0.122. The van der Waals surface area contributed by atoms with E-state index in [1.54, 1.807) is 29.6 Å². The first-order chi connectivity index (χ1) is 13.4. The van der Waals surface area contributed by atoms with Crippen LogP contribution in [0.15, 0.2) is 29.6 Å². The maximum atomic E-state index is 12.2. The molecule has 146 valence electrons. The molecule has 1 aliphatic heterocycles. The Balaban J connectivity index is 1.51. The molecule has 10 heteroatoms. The van der Waals surface area contributed by atoms with Gasteiger partial charge in [-0.15, -0.1) is 11.3 Å². The Kier molecular flexibility index (Phi) is 5.99. The summed E-state index contributed by atoms with van der Waals surface area (Å²) in [6.07, 6.45) is 0.827. The second-order valence-corrected chi connectivity index (χ2v) is 6.94. The Morgan fingerprint density at radius 2 is 2.00 bits per heavy atom. The van der Waals surface area contributed by atoms with Crippen molar-refractivity contribution in [2.24, 2.45) is 0 Å². The van der Waals surface area contributed by atoms with Gasteiger partial charge in [-0.25, -0.2) is 9.78 Å². The van der Waals surface area contributed by atoms with E-state index in [4.69, 9.17) is 0 Å². The van der Waals surface area contributed by atoms with Crippen LogP contribution in [0, 0.1) is 0 Å². The number of esters is 1. The van der Waals surface area contributed by atoms with Gasteiger partial charge < -0.3 is 20.7 Å². The molecule has 1 aromatic carbocycles. The van der Waals surface area contributed by atoms with Gasteiger partial charge in [0.25, 0.3) is 0 Å². The van der Waals surface area contributed by atoms with Crippen LogP contribution in [0.4, 0.5) is 10.8 Å². The summed E-state index contributed by atoms with van der Waals surface area (Å²) in [6, 6.07) is 5.77. The van der Waals surface area contributed by atoms with Gasteiger partial charge in [-0.1, -0.05) is 0 Å². The monoisotopic (exact) mass is 402 g/mol. The van der Waals surface area contributed by atoms with E-state index in [0.717, 1.165) is 0 Å². The predicted octanol–water partition coefficient (Wildman–Crippen LogP) is 1.33.